The number of amides is 1. The summed E-state index contributed by atoms with van der Waals surface area (Å²) in [6, 6.07) is 0.195. The minimum atomic E-state index is -0.249. The summed E-state index contributed by atoms with van der Waals surface area (Å²) < 4.78 is 2.00. The molecule has 1 amide bonds. The summed E-state index contributed by atoms with van der Waals surface area (Å²) >= 11 is 0. The summed E-state index contributed by atoms with van der Waals surface area (Å²) in [5.41, 5.74) is 1.81. The van der Waals surface area contributed by atoms with Crippen LogP contribution in [0.4, 0.5) is 0 Å². The molecule has 3 atom stereocenters. The van der Waals surface area contributed by atoms with Crippen molar-refractivity contribution in [2.75, 3.05) is 6.54 Å². The zero-order chi connectivity index (χ0) is 18.0. The average molecular weight is 348 g/mol. The maximum Gasteiger partial charge on any atom is 0.257 e. The quantitative estimate of drug-likeness (QED) is 0.889. The molecule has 1 saturated carbocycles. The molecule has 1 aromatic heterocycles. The maximum atomic E-state index is 13.3. The van der Waals surface area contributed by atoms with Crippen molar-refractivity contribution in [3.05, 3.63) is 17.5 Å². The Morgan fingerprint density at radius 3 is 2.72 bits per heavy atom. The molecule has 1 saturated heterocycles. The van der Waals surface area contributed by atoms with Gasteiger partial charge in [-0.15, -0.1) is 0 Å². The lowest BCUT2D eigenvalue weighted by Gasteiger charge is -2.37. The number of aliphatic hydroxyl groups excluding tert-OH is 1. The zero-order valence-corrected chi connectivity index (χ0v) is 15.9. The van der Waals surface area contributed by atoms with Gasteiger partial charge in [0, 0.05) is 25.0 Å². The second kappa shape index (κ2) is 7.90. The maximum absolute atomic E-state index is 13.3. The zero-order valence-electron chi connectivity index (χ0n) is 15.9. The van der Waals surface area contributed by atoms with Crippen LogP contribution in [-0.4, -0.2) is 44.4 Å². The Bertz CT molecular complexity index is 596. The Balaban J connectivity index is 1.81. The van der Waals surface area contributed by atoms with Crippen LogP contribution in [0.5, 0.6) is 0 Å². The fourth-order valence-electron chi connectivity index (χ4n) is 4.70. The number of carbonyl (C=O) groups excluding carboxylic acids is 1. The van der Waals surface area contributed by atoms with Crippen LogP contribution in [0, 0.1) is 11.8 Å². The highest BCUT2D eigenvalue weighted by molar-refractivity contribution is 5.95. The molecule has 2 heterocycles. The number of likely N-dealkylation sites (tertiary alicyclic amines) is 1. The van der Waals surface area contributed by atoms with Gasteiger partial charge in [0.05, 0.1) is 23.6 Å². The van der Waals surface area contributed by atoms with E-state index in [1.54, 1.807) is 6.20 Å². The molecule has 0 spiro atoms. The summed E-state index contributed by atoms with van der Waals surface area (Å²) in [6.45, 7) is 8.09. The molecule has 5 nitrogen and oxygen atoms in total. The first kappa shape index (κ1) is 18.4. The smallest absolute Gasteiger partial charge is 0.257 e. The lowest BCUT2D eigenvalue weighted by Crippen LogP contribution is -2.45. The van der Waals surface area contributed by atoms with Gasteiger partial charge in [-0.1, -0.05) is 33.6 Å². The number of carbonyl (C=O) groups is 1. The first-order chi connectivity index (χ1) is 12.0. The van der Waals surface area contributed by atoms with Crippen molar-refractivity contribution < 1.29 is 9.90 Å². The summed E-state index contributed by atoms with van der Waals surface area (Å²) in [5.74, 6) is 0.869. The first-order valence-corrected chi connectivity index (χ1v) is 10.1. The first-order valence-electron chi connectivity index (χ1n) is 10.1. The largest absolute Gasteiger partial charge is 0.393 e. The predicted molar refractivity (Wildman–Crippen MR) is 98.5 cm³/mol. The number of hydrogen-bond acceptors (Lipinski definition) is 3. The van der Waals surface area contributed by atoms with Gasteiger partial charge in [-0.25, -0.2) is 0 Å². The van der Waals surface area contributed by atoms with Gasteiger partial charge in [-0.3, -0.25) is 9.48 Å². The molecule has 1 aliphatic heterocycles. The molecule has 25 heavy (non-hydrogen) atoms. The second-order valence-corrected chi connectivity index (χ2v) is 8.16. The van der Waals surface area contributed by atoms with Crippen LogP contribution in [-0.2, 0) is 13.0 Å². The van der Waals surface area contributed by atoms with Crippen molar-refractivity contribution in [2.24, 2.45) is 11.8 Å². The van der Waals surface area contributed by atoms with E-state index in [9.17, 15) is 9.90 Å². The fourth-order valence-corrected chi connectivity index (χ4v) is 4.70. The van der Waals surface area contributed by atoms with Crippen LogP contribution in [0.2, 0.25) is 0 Å². The molecule has 1 aromatic rings. The number of aromatic nitrogens is 2. The van der Waals surface area contributed by atoms with Gasteiger partial charge in [-0.2, -0.15) is 5.10 Å². The van der Waals surface area contributed by atoms with Gasteiger partial charge in [0.2, 0.25) is 0 Å². The highest BCUT2D eigenvalue weighted by Gasteiger charge is 2.39. The van der Waals surface area contributed by atoms with E-state index in [-0.39, 0.29) is 24.0 Å². The third-order valence-electron chi connectivity index (χ3n) is 5.89. The number of nitrogens with zero attached hydrogens (tertiary/aromatic N) is 3. The number of hydrogen-bond donors (Lipinski definition) is 1. The van der Waals surface area contributed by atoms with Gasteiger partial charge in [0.1, 0.15) is 0 Å². The summed E-state index contributed by atoms with van der Waals surface area (Å²) in [6.07, 6.45) is 8.61. The lowest BCUT2D eigenvalue weighted by atomic mass is 9.80. The lowest BCUT2D eigenvalue weighted by molar-refractivity contribution is 0.0211. The predicted octanol–water partition coefficient (Wildman–Crippen LogP) is 3.26. The molecule has 1 N–H and O–H groups in total. The van der Waals surface area contributed by atoms with Gasteiger partial charge >= 0.3 is 0 Å². The van der Waals surface area contributed by atoms with E-state index in [4.69, 9.17) is 0 Å². The monoisotopic (exact) mass is 347 g/mol. The van der Waals surface area contributed by atoms with Crippen LogP contribution in [0.25, 0.3) is 0 Å². The molecule has 0 aromatic carbocycles. The number of aliphatic hydroxyl groups is 1. The van der Waals surface area contributed by atoms with E-state index in [2.05, 4.69) is 25.9 Å². The van der Waals surface area contributed by atoms with Gasteiger partial charge in [-0.05, 0) is 38.0 Å². The average Bonchev–Trinajstić information content (AvgIpc) is 3.21. The standard InChI is InChI=1S/C20H33N3O2/c1-4-17-16(12-21-23(17)13-14(2)3)20(25)22-11-7-9-18(22)15-8-5-6-10-19(15)24/h12,14-15,18-19,24H,4-11,13H2,1-3H3/t15-,18+,19-/m0/s1. The molecule has 0 unspecified atom stereocenters. The van der Waals surface area contributed by atoms with Crippen LogP contribution < -0.4 is 0 Å². The molecular formula is C20H33N3O2. The normalized spacial score (nSPS) is 27.2. The van der Waals surface area contributed by atoms with Crippen molar-refractivity contribution in [1.82, 2.24) is 14.7 Å². The Morgan fingerprint density at radius 1 is 1.28 bits per heavy atom. The number of rotatable bonds is 5. The highest BCUT2D eigenvalue weighted by atomic mass is 16.3. The molecule has 2 fully saturated rings. The summed E-state index contributed by atoms with van der Waals surface area (Å²) in [4.78, 5) is 15.3. The minimum absolute atomic E-state index is 0.118. The fraction of sp³-hybridized carbons (Fsp3) is 0.800. The molecule has 3 rings (SSSR count). The molecule has 0 bridgehead atoms. The van der Waals surface area contributed by atoms with Crippen molar-refractivity contribution in [1.29, 1.82) is 0 Å². The summed E-state index contributed by atoms with van der Waals surface area (Å²) in [7, 11) is 0. The van der Waals surface area contributed by atoms with E-state index >= 15 is 0 Å². The van der Waals surface area contributed by atoms with Crippen molar-refractivity contribution in [3.63, 3.8) is 0 Å². The van der Waals surface area contributed by atoms with Crippen LogP contribution >= 0.6 is 0 Å². The molecular weight excluding hydrogens is 314 g/mol. The van der Waals surface area contributed by atoms with E-state index in [1.807, 2.05) is 9.58 Å². The Kier molecular flexibility index (Phi) is 5.82. The van der Waals surface area contributed by atoms with Crippen molar-refractivity contribution in [2.45, 2.75) is 84.4 Å². The molecule has 0 radical (unpaired) electrons. The Labute approximate surface area is 151 Å². The van der Waals surface area contributed by atoms with E-state index in [0.717, 1.165) is 62.9 Å². The molecule has 1 aliphatic carbocycles. The molecule has 2 aliphatic rings. The minimum Gasteiger partial charge on any atom is -0.393 e. The molecule has 140 valence electrons. The second-order valence-electron chi connectivity index (χ2n) is 8.16. The third-order valence-corrected chi connectivity index (χ3v) is 5.89. The van der Waals surface area contributed by atoms with Crippen molar-refractivity contribution >= 4 is 5.91 Å². The third kappa shape index (κ3) is 3.76. The SMILES string of the molecule is CCc1c(C(=O)N2CCC[C@@H]2[C@@H]2CCCC[C@@H]2O)cnn1CC(C)C. The van der Waals surface area contributed by atoms with Crippen molar-refractivity contribution in [3.8, 4) is 0 Å². The van der Waals surface area contributed by atoms with E-state index < -0.39 is 0 Å². The Hall–Kier alpha value is -1.36. The van der Waals surface area contributed by atoms with Gasteiger partial charge in [0.15, 0.2) is 0 Å². The summed E-state index contributed by atoms with van der Waals surface area (Å²) in [5, 5.41) is 14.9. The van der Waals surface area contributed by atoms with E-state index in [0.29, 0.717) is 5.92 Å². The van der Waals surface area contributed by atoms with Crippen LogP contribution in [0.1, 0.15) is 75.3 Å². The topological polar surface area (TPSA) is 58.4 Å². The highest BCUT2D eigenvalue weighted by Crippen LogP contribution is 2.35. The van der Waals surface area contributed by atoms with Crippen LogP contribution in [0.3, 0.4) is 0 Å². The molecule has 5 heteroatoms. The van der Waals surface area contributed by atoms with Gasteiger partial charge < -0.3 is 10.0 Å². The van der Waals surface area contributed by atoms with E-state index in [1.165, 1.54) is 6.42 Å². The van der Waals surface area contributed by atoms with Gasteiger partial charge in [0.25, 0.3) is 5.91 Å². The Morgan fingerprint density at radius 2 is 2.04 bits per heavy atom. The van der Waals surface area contributed by atoms with Crippen LogP contribution in [0.15, 0.2) is 6.20 Å².